The van der Waals surface area contributed by atoms with Crippen LogP contribution in [-0.2, 0) is 21.4 Å². The van der Waals surface area contributed by atoms with Gasteiger partial charge in [0.05, 0.1) is 18.8 Å². The minimum atomic E-state index is -3.44. The molecule has 0 saturated heterocycles. The van der Waals surface area contributed by atoms with E-state index in [1.807, 2.05) is 18.3 Å². The lowest BCUT2D eigenvalue weighted by Gasteiger charge is -2.38. The second kappa shape index (κ2) is 6.76. The zero-order valence-corrected chi connectivity index (χ0v) is 15.9. The Labute approximate surface area is 158 Å². The molecule has 8 heteroatoms. The Hall–Kier alpha value is -2.19. The van der Waals surface area contributed by atoms with Gasteiger partial charge in [-0.2, -0.15) is 4.31 Å². The lowest BCUT2D eigenvalue weighted by molar-refractivity contribution is -0.134. The van der Waals surface area contributed by atoms with E-state index in [0.717, 1.165) is 30.4 Å². The van der Waals surface area contributed by atoms with Crippen LogP contribution in [0.4, 0.5) is 4.39 Å². The maximum absolute atomic E-state index is 13.4. The number of benzene rings is 1. The summed E-state index contributed by atoms with van der Waals surface area (Å²) < 4.78 is 40.9. The summed E-state index contributed by atoms with van der Waals surface area (Å²) in [6, 6.07) is 9.57. The van der Waals surface area contributed by atoms with Crippen molar-refractivity contribution >= 4 is 15.9 Å². The van der Waals surface area contributed by atoms with Gasteiger partial charge in [-0.05, 0) is 42.7 Å². The fourth-order valence-corrected chi connectivity index (χ4v) is 4.85. The fraction of sp³-hybridized carbons (Fsp3) is 0.421. The zero-order chi connectivity index (χ0) is 19.2. The molecule has 1 fully saturated rings. The van der Waals surface area contributed by atoms with Crippen LogP contribution >= 0.6 is 0 Å². The van der Waals surface area contributed by atoms with Crippen molar-refractivity contribution in [2.45, 2.75) is 31.5 Å². The van der Waals surface area contributed by atoms with E-state index in [1.165, 1.54) is 16.4 Å². The minimum Gasteiger partial charge on any atom is -0.348 e. The molecular weight excluding hydrogens is 369 g/mol. The third kappa shape index (κ3) is 3.64. The van der Waals surface area contributed by atoms with Gasteiger partial charge in [0.2, 0.25) is 15.9 Å². The monoisotopic (exact) mass is 391 g/mol. The standard InChI is InChI=1S/C19H22FN3O3S/c1-27(25,26)23(16-8-9-16)13-18(24)22-12-11-21-10-2-3-17(21)19(22)14-4-6-15(20)7-5-14/h2-7,10,16,19H,8-9,11-13H2,1H3/t19-/m1/s1. The van der Waals surface area contributed by atoms with Gasteiger partial charge in [-0.15, -0.1) is 0 Å². The van der Waals surface area contributed by atoms with E-state index in [2.05, 4.69) is 4.57 Å². The normalized spacial score (nSPS) is 20.0. The summed E-state index contributed by atoms with van der Waals surface area (Å²) in [5.41, 5.74) is 1.75. The molecule has 1 aromatic carbocycles. The zero-order valence-electron chi connectivity index (χ0n) is 15.1. The third-order valence-corrected chi connectivity index (χ3v) is 6.49. The first-order valence-electron chi connectivity index (χ1n) is 9.01. The van der Waals surface area contributed by atoms with E-state index in [4.69, 9.17) is 0 Å². The molecule has 1 aliphatic heterocycles. The SMILES string of the molecule is CS(=O)(=O)N(CC(=O)N1CCn2cccc2[C@H]1c1ccc(F)cc1)C1CC1. The van der Waals surface area contributed by atoms with Crippen molar-refractivity contribution in [2.75, 3.05) is 19.3 Å². The Morgan fingerprint density at radius 3 is 2.52 bits per heavy atom. The van der Waals surface area contributed by atoms with E-state index in [0.29, 0.717) is 13.1 Å². The van der Waals surface area contributed by atoms with Crippen LogP contribution in [0.15, 0.2) is 42.6 Å². The quantitative estimate of drug-likeness (QED) is 0.783. The summed E-state index contributed by atoms with van der Waals surface area (Å²) in [7, 11) is -3.44. The molecule has 0 N–H and O–H groups in total. The number of hydrogen-bond donors (Lipinski definition) is 0. The molecule has 2 aromatic rings. The highest BCUT2D eigenvalue weighted by Crippen LogP contribution is 2.34. The number of carbonyl (C=O) groups is 1. The number of amides is 1. The third-order valence-electron chi connectivity index (χ3n) is 5.22. The fourth-order valence-electron chi connectivity index (χ4n) is 3.75. The number of fused-ring (bicyclic) bond motifs is 1. The van der Waals surface area contributed by atoms with Crippen molar-refractivity contribution in [3.05, 3.63) is 59.7 Å². The van der Waals surface area contributed by atoms with Crippen molar-refractivity contribution in [1.82, 2.24) is 13.8 Å². The second-order valence-corrected chi connectivity index (χ2v) is 9.14. The van der Waals surface area contributed by atoms with Gasteiger partial charge >= 0.3 is 0 Å². The topological polar surface area (TPSA) is 62.6 Å². The maximum atomic E-state index is 13.4. The van der Waals surface area contributed by atoms with Gasteiger partial charge in [0.15, 0.2) is 0 Å². The van der Waals surface area contributed by atoms with Gasteiger partial charge in [0.25, 0.3) is 0 Å². The molecule has 0 bridgehead atoms. The van der Waals surface area contributed by atoms with Gasteiger partial charge in [0.1, 0.15) is 5.82 Å². The van der Waals surface area contributed by atoms with Crippen LogP contribution in [-0.4, -0.2) is 53.5 Å². The van der Waals surface area contributed by atoms with Crippen LogP contribution in [0, 0.1) is 5.82 Å². The number of rotatable bonds is 5. The molecule has 1 saturated carbocycles. The van der Waals surface area contributed by atoms with E-state index < -0.39 is 10.0 Å². The summed E-state index contributed by atoms with van der Waals surface area (Å²) in [6.07, 6.45) is 4.70. The minimum absolute atomic E-state index is 0.0677. The summed E-state index contributed by atoms with van der Waals surface area (Å²) in [4.78, 5) is 14.8. The van der Waals surface area contributed by atoms with Crippen LogP contribution in [0.2, 0.25) is 0 Å². The molecule has 0 radical (unpaired) electrons. The molecule has 1 aliphatic carbocycles. The number of hydrogen-bond acceptors (Lipinski definition) is 3. The van der Waals surface area contributed by atoms with Crippen molar-refractivity contribution in [1.29, 1.82) is 0 Å². The van der Waals surface area contributed by atoms with Crippen molar-refractivity contribution in [3.63, 3.8) is 0 Å². The molecule has 6 nitrogen and oxygen atoms in total. The molecule has 1 aromatic heterocycles. The van der Waals surface area contributed by atoms with E-state index >= 15 is 0 Å². The summed E-state index contributed by atoms with van der Waals surface area (Å²) in [5.74, 6) is -0.561. The summed E-state index contributed by atoms with van der Waals surface area (Å²) >= 11 is 0. The molecule has 0 spiro atoms. The summed E-state index contributed by atoms with van der Waals surface area (Å²) in [6.45, 7) is 0.973. The largest absolute Gasteiger partial charge is 0.348 e. The lowest BCUT2D eigenvalue weighted by atomic mass is 9.99. The lowest BCUT2D eigenvalue weighted by Crippen LogP contribution is -2.48. The number of aromatic nitrogens is 1. The molecule has 144 valence electrons. The molecule has 1 amide bonds. The number of nitrogens with zero attached hydrogens (tertiary/aromatic N) is 3. The molecule has 27 heavy (non-hydrogen) atoms. The summed E-state index contributed by atoms with van der Waals surface area (Å²) in [5, 5.41) is 0. The second-order valence-electron chi connectivity index (χ2n) is 7.21. The van der Waals surface area contributed by atoms with Gasteiger partial charge in [0, 0.05) is 31.0 Å². The Morgan fingerprint density at radius 1 is 1.19 bits per heavy atom. The highest BCUT2D eigenvalue weighted by atomic mass is 32.2. The van der Waals surface area contributed by atoms with Crippen molar-refractivity contribution < 1.29 is 17.6 Å². The van der Waals surface area contributed by atoms with E-state index in [-0.39, 0.29) is 30.4 Å². The van der Waals surface area contributed by atoms with Crippen LogP contribution in [0.1, 0.15) is 30.1 Å². The van der Waals surface area contributed by atoms with Crippen molar-refractivity contribution in [3.8, 4) is 0 Å². The Bertz CT molecular complexity index is 951. The number of sulfonamides is 1. The van der Waals surface area contributed by atoms with Gasteiger partial charge in [-0.25, -0.2) is 12.8 Å². The van der Waals surface area contributed by atoms with Crippen LogP contribution in [0.3, 0.4) is 0 Å². The first-order chi connectivity index (χ1) is 12.8. The van der Waals surface area contributed by atoms with Gasteiger partial charge < -0.3 is 9.47 Å². The molecule has 4 rings (SSSR count). The first-order valence-corrected chi connectivity index (χ1v) is 10.9. The smallest absolute Gasteiger partial charge is 0.238 e. The molecule has 2 heterocycles. The van der Waals surface area contributed by atoms with Gasteiger partial charge in [-0.3, -0.25) is 4.79 Å². The predicted octanol–water partition coefficient (Wildman–Crippen LogP) is 1.98. The highest BCUT2D eigenvalue weighted by Gasteiger charge is 2.39. The molecular formula is C19H22FN3O3S. The Morgan fingerprint density at radius 2 is 1.89 bits per heavy atom. The first kappa shape index (κ1) is 18.2. The van der Waals surface area contributed by atoms with E-state index in [9.17, 15) is 17.6 Å². The van der Waals surface area contributed by atoms with Crippen LogP contribution in [0.5, 0.6) is 0 Å². The Balaban J connectivity index is 1.65. The average molecular weight is 391 g/mol. The van der Waals surface area contributed by atoms with E-state index in [1.54, 1.807) is 17.0 Å². The van der Waals surface area contributed by atoms with Crippen LogP contribution < -0.4 is 0 Å². The number of carbonyl (C=O) groups excluding carboxylic acids is 1. The molecule has 2 aliphatic rings. The maximum Gasteiger partial charge on any atom is 0.238 e. The highest BCUT2D eigenvalue weighted by molar-refractivity contribution is 7.88. The molecule has 1 atom stereocenters. The Kier molecular flexibility index (Phi) is 4.55. The molecule has 0 unspecified atom stereocenters. The predicted molar refractivity (Wildman–Crippen MR) is 99.0 cm³/mol. The van der Waals surface area contributed by atoms with Crippen LogP contribution in [0.25, 0.3) is 0 Å². The van der Waals surface area contributed by atoms with Crippen molar-refractivity contribution in [2.24, 2.45) is 0 Å². The number of halogens is 1. The van der Waals surface area contributed by atoms with Gasteiger partial charge in [-0.1, -0.05) is 12.1 Å². The average Bonchev–Trinajstić information content (AvgIpc) is 3.34.